The molecular formula is C21H31N5O4. The second-order valence-electron chi connectivity index (χ2n) is 8.09. The molecule has 2 heterocycles. The third-order valence-corrected chi connectivity index (χ3v) is 5.67. The van der Waals surface area contributed by atoms with Crippen molar-refractivity contribution in [2.45, 2.75) is 51.0 Å². The number of primary amides is 2. The zero-order chi connectivity index (χ0) is 21.5. The highest BCUT2D eigenvalue weighted by Gasteiger charge is 2.29. The lowest BCUT2D eigenvalue weighted by Crippen LogP contribution is -2.40. The number of carbonyl (C=O) groups excluding carboxylic acids is 3. The number of likely N-dealkylation sites (tertiary alicyclic amines) is 1. The molecule has 4 amide bonds. The monoisotopic (exact) mass is 417 g/mol. The van der Waals surface area contributed by atoms with E-state index in [1.165, 1.54) is 0 Å². The molecule has 3 atom stereocenters. The van der Waals surface area contributed by atoms with E-state index in [0.29, 0.717) is 32.5 Å². The van der Waals surface area contributed by atoms with Gasteiger partial charge in [-0.15, -0.1) is 0 Å². The van der Waals surface area contributed by atoms with E-state index in [4.69, 9.17) is 16.2 Å². The molecule has 0 spiro atoms. The van der Waals surface area contributed by atoms with Crippen molar-refractivity contribution in [3.05, 3.63) is 35.4 Å². The van der Waals surface area contributed by atoms with Gasteiger partial charge in [-0.1, -0.05) is 24.3 Å². The van der Waals surface area contributed by atoms with E-state index < -0.39 is 12.0 Å². The van der Waals surface area contributed by atoms with Gasteiger partial charge >= 0.3 is 6.03 Å². The third kappa shape index (κ3) is 6.43. The van der Waals surface area contributed by atoms with Crippen LogP contribution in [0.1, 0.15) is 36.8 Å². The normalized spacial score (nSPS) is 24.3. The fourth-order valence-electron chi connectivity index (χ4n) is 4.04. The van der Waals surface area contributed by atoms with Crippen LogP contribution in [-0.4, -0.2) is 54.6 Å². The lowest BCUT2D eigenvalue weighted by molar-refractivity contribution is -0.128. The van der Waals surface area contributed by atoms with Gasteiger partial charge in [-0.05, 0) is 43.4 Å². The fourth-order valence-corrected chi connectivity index (χ4v) is 4.04. The summed E-state index contributed by atoms with van der Waals surface area (Å²) in [5.74, 6) is -0.761. The van der Waals surface area contributed by atoms with Gasteiger partial charge in [0, 0.05) is 26.2 Å². The van der Waals surface area contributed by atoms with Crippen molar-refractivity contribution >= 4 is 17.8 Å². The van der Waals surface area contributed by atoms with Gasteiger partial charge < -0.3 is 26.8 Å². The molecule has 9 heteroatoms. The molecule has 30 heavy (non-hydrogen) atoms. The predicted molar refractivity (Wildman–Crippen MR) is 111 cm³/mol. The number of ether oxygens (including phenoxy) is 1. The maximum atomic E-state index is 12.1. The second-order valence-corrected chi connectivity index (χ2v) is 8.09. The molecule has 1 aromatic carbocycles. The first-order valence-electron chi connectivity index (χ1n) is 10.5. The minimum absolute atomic E-state index is 0.0746. The van der Waals surface area contributed by atoms with Gasteiger partial charge in [0.25, 0.3) is 0 Å². The molecular weight excluding hydrogens is 386 g/mol. The van der Waals surface area contributed by atoms with E-state index in [-0.39, 0.29) is 24.0 Å². The van der Waals surface area contributed by atoms with Crippen molar-refractivity contribution in [1.29, 1.82) is 0 Å². The Kier molecular flexibility index (Phi) is 7.64. The Balaban J connectivity index is 1.41. The molecule has 9 nitrogen and oxygen atoms in total. The molecule has 3 rings (SSSR count). The Morgan fingerprint density at radius 2 is 1.87 bits per heavy atom. The quantitative estimate of drug-likeness (QED) is 0.479. The Morgan fingerprint density at radius 3 is 2.60 bits per heavy atom. The molecule has 6 N–H and O–H groups in total. The Labute approximate surface area is 176 Å². The van der Waals surface area contributed by atoms with Crippen LogP contribution in [0.5, 0.6) is 0 Å². The number of nitrogens with one attached hydrogen (secondary N) is 2. The van der Waals surface area contributed by atoms with Crippen LogP contribution in [0.4, 0.5) is 4.79 Å². The van der Waals surface area contributed by atoms with Crippen LogP contribution < -0.4 is 22.1 Å². The molecule has 2 saturated heterocycles. The number of hydrogen-bond acceptors (Lipinski definition) is 5. The molecule has 0 bridgehead atoms. The first-order valence-corrected chi connectivity index (χ1v) is 10.5. The maximum Gasteiger partial charge on any atom is 0.315 e. The number of hydrogen-bond donors (Lipinski definition) is 4. The minimum atomic E-state index is -0.555. The van der Waals surface area contributed by atoms with Crippen molar-refractivity contribution < 1.29 is 19.1 Å². The lowest BCUT2D eigenvalue weighted by atomic mass is 9.97. The molecule has 2 aliphatic heterocycles. The van der Waals surface area contributed by atoms with Gasteiger partial charge in [0.15, 0.2) is 0 Å². The summed E-state index contributed by atoms with van der Waals surface area (Å²) < 4.78 is 5.50. The molecule has 0 radical (unpaired) electrons. The van der Waals surface area contributed by atoms with Crippen molar-refractivity contribution in [2.24, 2.45) is 17.4 Å². The van der Waals surface area contributed by atoms with Crippen molar-refractivity contribution in [1.82, 2.24) is 15.5 Å². The highest BCUT2D eigenvalue weighted by atomic mass is 16.5. The molecule has 164 valence electrons. The van der Waals surface area contributed by atoms with Crippen LogP contribution in [-0.2, 0) is 27.4 Å². The molecule has 1 aromatic rings. The molecule has 2 aliphatic rings. The number of benzene rings is 1. The van der Waals surface area contributed by atoms with Gasteiger partial charge in [-0.3, -0.25) is 14.5 Å². The maximum absolute atomic E-state index is 12.1. The number of carbonyl (C=O) groups is 3. The van der Waals surface area contributed by atoms with Crippen LogP contribution in [0, 0.1) is 5.92 Å². The van der Waals surface area contributed by atoms with Gasteiger partial charge in [0.1, 0.15) is 6.10 Å². The Morgan fingerprint density at radius 1 is 1.07 bits per heavy atom. The highest BCUT2D eigenvalue weighted by molar-refractivity contribution is 5.79. The number of amides is 4. The molecule has 0 aliphatic carbocycles. The van der Waals surface area contributed by atoms with E-state index in [1.807, 2.05) is 18.2 Å². The highest BCUT2D eigenvalue weighted by Crippen LogP contribution is 2.19. The van der Waals surface area contributed by atoms with Crippen LogP contribution in [0.15, 0.2) is 24.3 Å². The fraction of sp³-hybridized carbons (Fsp3) is 0.571. The third-order valence-electron chi connectivity index (χ3n) is 5.67. The molecule has 2 fully saturated rings. The van der Waals surface area contributed by atoms with E-state index in [9.17, 15) is 14.4 Å². The Bertz CT molecular complexity index is 772. The number of piperidine rings is 1. The summed E-state index contributed by atoms with van der Waals surface area (Å²) in [6, 6.07) is 7.75. The molecule has 0 saturated carbocycles. The number of nitrogens with zero attached hydrogens (tertiary/aromatic N) is 1. The summed E-state index contributed by atoms with van der Waals surface area (Å²) in [6.07, 6.45) is 2.38. The van der Waals surface area contributed by atoms with Crippen molar-refractivity contribution in [2.75, 3.05) is 19.6 Å². The van der Waals surface area contributed by atoms with E-state index in [0.717, 1.165) is 37.1 Å². The van der Waals surface area contributed by atoms with Gasteiger partial charge in [-0.2, -0.15) is 0 Å². The lowest BCUT2D eigenvalue weighted by Gasteiger charge is -2.31. The predicted octanol–water partition coefficient (Wildman–Crippen LogP) is 0.216. The number of urea groups is 1. The summed E-state index contributed by atoms with van der Waals surface area (Å²) in [5, 5.41) is 5.61. The van der Waals surface area contributed by atoms with Gasteiger partial charge in [0.05, 0.1) is 12.0 Å². The van der Waals surface area contributed by atoms with Gasteiger partial charge in [-0.25, -0.2) is 4.79 Å². The van der Waals surface area contributed by atoms with Crippen LogP contribution in [0.3, 0.4) is 0 Å². The number of rotatable bonds is 8. The van der Waals surface area contributed by atoms with E-state index in [2.05, 4.69) is 21.6 Å². The van der Waals surface area contributed by atoms with Crippen LogP contribution in [0.25, 0.3) is 0 Å². The zero-order valence-electron chi connectivity index (χ0n) is 17.1. The first-order chi connectivity index (χ1) is 14.4. The average Bonchev–Trinajstić information content (AvgIpc) is 3.21. The van der Waals surface area contributed by atoms with Crippen molar-refractivity contribution in [3.63, 3.8) is 0 Å². The minimum Gasteiger partial charge on any atom is -0.369 e. The summed E-state index contributed by atoms with van der Waals surface area (Å²) in [5.41, 5.74) is 12.8. The van der Waals surface area contributed by atoms with E-state index in [1.54, 1.807) is 0 Å². The summed E-state index contributed by atoms with van der Waals surface area (Å²) in [6.45, 7) is 3.14. The first kappa shape index (κ1) is 22.0. The summed E-state index contributed by atoms with van der Waals surface area (Å²) in [4.78, 5) is 36.9. The number of nitrogens with two attached hydrogens (primary N) is 2. The second kappa shape index (κ2) is 10.4. The van der Waals surface area contributed by atoms with E-state index >= 15 is 0 Å². The molecule has 0 aromatic heterocycles. The smallest absolute Gasteiger partial charge is 0.315 e. The van der Waals surface area contributed by atoms with Gasteiger partial charge in [0.2, 0.25) is 11.8 Å². The van der Waals surface area contributed by atoms with Crippen LogP contribution in [0.2, 0.25) is 0 Å². The topological polar surface area (TPSA) is 140 Å². The Hall–Kier alpha value is -2.65. The summed E-state index contributed by atoms with van der Waals surface area (Å²) in [7, 11) is 0. The molecule has 3 unspecified atom stereocenters. The average molecular weight is 418 g/mol. The summed E-state index contributed by atoms with van der Waals surface area (Å²) >= 11 is 0. The largest absolute Gasteiger partial charge is 0.369 e. The zero-order valence-corrected chi connectivity index (χ0v) is 17.1. The van der Waals surface area contributed by atoms with Crippen molar-refractivity contribution in [3.8, 4) is 0 Å². The van der Waals surface area contributed by atoms with Crippen LogP contribution >= 0.6 is 0 Å². The standard InChI is InChI=1S/C21H31N5O4/c22-19(27)16-5-2-8-26(13-16)12-15-4-1-3-14(9-15)10-24-21(29)25-11-17-6-7-18(30-17)20(23)28/h1,3-4,9,16-18H,2,5-8,10-13H2,(H2,22,27)(H2,23,28)(H2,24,25,29). The SMILES string of the molecule is NC(=O)C1CCCN(Cc2cccc(CNC(=O)NCC3CCC(C(N)=O)O3)c2)C1.